The van der Waals surface area contributed by atoms with Crippen LogP contribution in [0.25, 0.3) is 10.9 Å². The van der Waals surface area contributed by atoms with Gasteiger partial charge in [-0.15, -0.1) is 0 Å². The monoisotopic (exact) mass is 381 g/mol. The number of pyridine rings is 1. The number of nitrogens with one attached hydrogen (secondary N) is 1. The first-order chi connectivity index (χ1) is 13.7. The average Bonchev–Trinajstić information content (AvgIpc) is 2.75. The molecule has 2 aliphatic rings. The molecule has 28 heavy (non-hydrogen) atoms. The van der Waals surface area contributed by atoms with Gasteiger partial charge in [0, 0.05) is 69.6 Å². The molecule has 1 aromatic carbocycles. The Hall–Kier alpha value is -2.62. The van der Waals surface area contributed by atoms with E-state index in [1.54, 1.807) is 13.3 Å². The van der Waals surface area contributed by atoms with Crippen LogP contribution in [0.1, 0.15) is 34.8 Å². The smallest absolute Gasteiger partial charge is 0.199 e. The number of aldehydes is 1. The summed E-state index contributed by atoms with van der Waals surface area (Å²) in [5.41, 5.74) is 3.00. The lowest BCUT2D eigenvalue weighted by Crippen LogP contribution is -2.40. The summed E-state index contributed by atoms with van der Waals surface area (Å²) in [5.74, 6) is 3.20. The van der Waals surface area contributed by atoms with Crippen molar-refractivity contribution in [2.24, 2.45) is 0 Å². The van der Waals surface area contributed by atoms with Crippen molar-refractivity contribution < 1.29 is 9.53 Å². The number of hydrogen-bond donors (Lipinski definition) is 1. The Labute approximate surface area is 165 Å². The molecule has 148 valence electrons. The number of piperazine rings is 1. The molecular formula is C22H27N3O3. The fourth-order valence-corrected chi connectivity index (χ4v) is 3.54. The molecule has 0 bridgehead atoms. The number of nitrogens with zero attached hydrogens (tertiary/aromatic N) is 2. The van der Waals surface area contributed by atoms with Crippen molar-refractivity contribution in [3.63, 3.8) is 0 Å². The minimum absolute atomic E-state index is 0.190. The molecule has 6 nitrogen and oxygen atoms in total. The van der Waals surface area contributed by atoms with E-state index in [1.807, 2.05) is 17.6 Å². The lowest BCUT2D eigenvalue weighted by molar-refractivity contribution is 0.112. The first-order valence-corrected chi connectivity index (χ1v) is 9.79. The fraction of sp³-hybridized carbons (Fsp3) is 0.455. The number of aryl methyl sites for hydroxylation is 2. The lowest BCUT2D eigenvalue weighted by atomic mass is 9.97. The van der Waals surface area contributed by atoms with Crippen LogP contribution < -0.4 is 10.7 Å². The molecule has 0 radical (unpaired) electrons. The van der Waals surface area contributed by atoms with Gasteiger partial charge in [-0.2, -0.15) is 0 Å². The summed E-state index contributed by atoms with van der Waals surface area (Å²) < 4.78 is 6.58. The van der Waals surface area contributed by atoms with E-state index < -0.39 is 0 Å². The molecule has 0 atom stereocenters. The second-order valence-corrected chi connectivity index (χ2v) is 6.91. The summed E-state index contributed by atoms with van der Waals surface area (Å²) in [7, 11) is 1.68. The van der Waals surface area contributed by atoms with Crippen molar-refractivity contribution in [3.8, 4) is 12.0 Å². The zero-order chi connectivity index (χ0) is 19.9. The molecule has 1 aromatic heterocycles. The number of carbonyl (C=O) groups is 1. The van der Waals surface area contributed by atoms with Crippen LogP contribution in [0.5, 0.6) is 0 Å². The second-order valence-electron chi connectivity index (χ2n) is 6.91. The van der Waals surface area contributed by atoms with Crippen LogP contribution in [-0.4, -0.2) is 55.6 Å². The maximum absolute atomic E-state index is 12.6. The molecule has 0 saturated carbocycles. The van der Waals surface area contributed by atoms with Crippen molar-refractivity contribution >= 4 is 17.2 Å². The maximum atomic E-state index is 12.6. The highest BCUT2D eigenvalue weighted by molar-refractivity contribution is 5.89. The summed E-state index contributed by atoms with van der Waals surface area (Å²) in [6.45, 7) is 7.34. The third-order valence-electron chi connectivity index (χ3n) is 5.01. The summed E-state index contributed by atoms with van der Waals surface area (Å²) in [6, 6.07) is 7.13. The summed E-state index contributed by atoms with van der Waals surface area (Å²) in [6.07, 6.45) is 4.29. The molecule has 4 rings (SSSR count). The van der Waals surface area contributed by atoms with Gasteiger partial charge in [-0.05, 0) is 43.4 Å². The Kier molecular flexibility index (Phi) is 6.85. The minimum Gasteiger partial charge on any atom is -0.385 e. The molecule has 2 aliphatic heterocycles. The van der Waals surface area contributed by atoms with Crippen LogP contribution in [0.3, 0.4) is 0 Å². The number of carbonyl (C=O) groups excluding carboxylic acids is 1. The van der Waals surface area contributed by atoms with E-state index in [0.717, 1.165) is 68.8 Å². The minimum atomic E-state index is -0.190. The Balaban J connectivity index is 0.000000516. The van der Waals surface area contributed by atoms with E-state index >= 15 is 0 Å². The zero-order valence-corrected chi connectivity index (χ0v) is 16.6. The van der Waals surface area contributed by atoms with Gasteiger partial charge < -0.3 is 19.5 Å². The van der Waals surface area contributed by atoms with Crippen molar-refractivity contribution in [1.82, 2.24) is 14.8 Å². The molecular weight excluding hydrogens is 354 g/mol. The normalized spacial score (nSPS) is 15.3. The highest BCUT2D eigenvalue weighted by atomic mass is 16.5. The number of aromatic nitrogens is 1. The quantitative estimate of drug-likeness (QED) is 0.633. The summed E-state index contributed by atoms with van der Waals surface area (Å²) in [5, 5.41) is 3.92. The van der Waals surface area contributed by atoms with E-state index in [4.69, 9.17) is 0 Å². The van der Waals surface area contributed by atoms with Crippen LogP contribution in [-0.2, 0) is 17.7 Å². The van der Waals surface area contributed by atoms with Gasteiger partial charge in [0.1, 0.15) is 0 Å². The topological polar surface area (TPSA) is 63.6 Å². The third kappa shape index (κ3) is 4.44. The van der Waals surface area contributed by atoms with Crippen LogP contribution in [0.4, 0.5) is 0 Å². The lowest BCUT2D eigenvalue weighted by Gasteiger charge is -2.23. The maximum Gasteiger partial charge on any atom is 0.199 e. The van der Waals surface area contributed by atoms with Crippen LogP contribution >= 0.6 is 0 Å². The van der Waals surface area contributed by atoms with E-state index in [2.05, 4.69) is 33.0 Å². The number of methoxy groups -OCH3 is 1. The van der Waals surface area contributed by atoms with Gasteiger partial charge in [0.15, 0.2) is 11.7 Å². The Morgan fingerprint density at radius 2 is 2.00 bits per heavy atom. The molecule has 0 amide bonds. The van der Waals surface area contributed by atoms with Gasteiger partial charge in [0.05, 0.1) is 11.1 Å². The van der Waals surface area contributed by atoms with Crippen molar-refractivity contribution in [1.29, 1.82) is 0 Å². The molecule has 3 heterocycles. The van der Waals surface area contributed by atoms with Gasteiger partial charge >= 0.3 is 0 Å². The highest BCUT2D eigenvalue weighted by Gasteiger charge is 2.16. The molecule has 2 aromatic rings. The van der Waals surface area contributed by atoms with Gasteiger partial charge in [-0.25, -0.2) is 0 Å². The van der Waals surface area contributed by atoms with Gasteiger partial charge in [0.2, 0.25) is 0 Å². The van der Waals surface area contributed by atoms with Gasteiger partial charge in [-0.3, -0.25) is 9.59 Å². The Morgan fingerprint density at radius 3 is 2.68 bits per heavy atom. The SMILES string of the molecule is CCOC.O=Cc1cn2c3c(cc(C#CN4CCNCC4)cc3c1=O)CCC2. The second kappa shape index (κ2) is 9.54. The van der Waals surface area contributed by atoms with Crippen molar-refractivity contribution in [3.05, 3.63) is 45.2 Å². The fourth-order valence-electron chi connectivity index (χ4n) is 3.54. The molecule has 0 spiro atoms. The standard InChI is InChI=1S/C19H19N3O2.C3H8O/c23-13-16-12-22-6-1-2-15-10-14(11-17(18(15)22)19(16)24)3-7-21-8-4-20-5-9-21;1-3-4-2/h10-13,20H,1-2,4-6,8-9H2;3H2,1-2H3. The van der Waals surface area contributed by atoms with Crippen molar-refractivity contribution in [2.45, 2.75) is 26.3 Å². The van der Waals surface area contributed by atoms with Gasteiger partial charge in [0.25, 0.3) is 0 Å². The van der Waals surface area contributed by atoms with Crippen molar-refractivity contribution in [2.75, 3.05) is 39.9 Å². The first-order valence-electron chi connectivity index (χ1n) is 9.79. The summed E-state index contributed by atoms with van der Waals surface area (Å²) in [4.78, 5) is 25.9. The molecule has 0 aliphatic carbocycles. The average molecular weight is 381 g/mol. The Bertz CT molecular complexity index is 961. The zero-order valence-electron chi connectivity index (χ0n) is 16.6. The summed E-state index contributed by atoms with van der Waals surface area (Å²) >= 11 is 0. The third-order valence-corrected chi connectivity index (χ3v) is 5.01. The number of hydrogen-bond acceptors (Lipinski definition) is 5. The first kappa shape index (κ1) is 20.1. The number of ether oxygens (including phenoxy) is 1. The van der Waals surface area contributed by atoms with Crippen LogP contribution in [0.2, 0.25) is 0 Å². The van der Waals surface area contributed by atoms with E-state index in [0.29, 0.717) is 11.7 Å². The molecule has 1 fully saturated rings. The molecule has 6 heteroatoms. The van der Waals surface area contributed by atoms with E-state index in [9.17, 15) is 9.59 Å². The largest absolute Gasteiger partial charge is 0.385 e. The van der Waals surface area contributed by atoms with Gasteiger partial charge in [-0.1, -0.05) is 0 Å². The molecule has 0 unspecified atom stereocenters. The predicted molar refractivity (Wildman–Crippen MR) is 111 cm³/mol. The number of rotatable bonds is 2. The van der Waals surface area contributed by atoms with Crippen LogP contribution in [0, 0.1) is 12.0 Å². The van der Waals surface area contributed by atoms with Crippen LogP contribution in [0.15, 0.2) is 23.1 Å². The molecule has 1 saturated heterocycles. The highest BCUT2D eigenvalue weighted by Crippen LogP contribution is 2.25. The Morgan fingerprint density at radius 1 is 1.25 bits per heavy atom. The number of benzene rings is 1. The van der Waals surface area contributed by atoms with E-state index in [1.165, 1.54) is 0 Å². The van der Waals surface area contributed by atoms with E-state index in [-0.39, 0.29) is 11.0 Å². The predicted octanol–water partition coefficient (Wildman–Crippen LogP) is 1.63. The molecule has 1 N–H and O–H groups in total.